The highest BCUT2D eigenvalue weighted by atomic mass is 35.5. The van der Waals surface area contributed by atoms with Crippen molar-refractivity contribution in [2.24, 2.45) is 17.6 Å². The van der Waals surface area contributed by atoms with Gasteiger partial charge in [-0.05, 0) is 55.8 Å². The van der Waals surface area contributed by atoms with Crippen LogP contribution in [0.25, 0.3) is 0 Å². The molecule has 1 aromatic rings. The standard InChI is InChI=1S/C21H31N3O2.ClH/c22-13-18-7-3-4-8-19(18)24-21(26)17-11-9-15(10-12-17)14-23-20(25)16-5-1-2-6-16;/h9-12,16,18-19H,1-8,13-14,22H2,(H,23,25)(H,24,26);1H. The molecule has 2 amide bonds. The average molecular weight is 394 g/mol. The maximum atomic E-state index is 12.5. The van der Waals surface area contributed by atoms with Gasteiger partial charge in [0.05, 0.1) is 0 Å². The summed E-state index contributed by atoms with van der Waals surface area (Å²) in [6.07, 6.45) is 8.81. The van der Waals surface area contributed by atoms with Gasteiger partial charge in [0.1, 0.15) is 0 Å². The molecule has 27 heavy (non-hydrogen) atoms. The fourth-order valence-corrected chi connectivity index (χ4v) is 4.23. The summed E-state index contributed by atoms with van der Waals surface area (Å²) in [7, 11) is 0. The van der Waals surface area contributed by atoms with Crippen molar-refractivity contribution in [3.63, 3.8) is 0 Å². The predicted octanol–water partition coefficient (Wildman–Crippen LogP) is 3.16. The molecule has 5 nitrogen and oxygen atoms in total. The molecule has 2 aliphatic rings. The smallest absolute Gasteiger partial charge is 0.251 e. The third-order valence-electron chi connectivity index (χ3n) is 5.94. The lowest BCUT2D eigenvalue weighted by atomic mass is 9.84. The quantitative estimate of drug-likeness (QED) is 0.694. The zero-order valence-corrected chi connectivity index (χ0v) is 16.7. The van der Waals surface area contributed by atoms with Crippen LogP contribution in [-0.4, -0.2) is 24.4 Å². The lowest BCUT2D eigenvalue weighted by molar-refractivity contribution is -0.124. The molecular formula is C21H32ClN3O2. The van der Waals surface area contributed by atoms with Gasteiger partial charge in [-0.25, -0.2) is 0 Å². The molecule has 2 atom stereocenters. The van der Waals surface area contributed by atoms with E-state index in [1.165, 1.54) is 6.42 Å². The molecule has 0 bridgehead atoms. The molecule has 0 spiro atoms. The van der Waals surface area contributed by atoms with Gasteiger partial charge in [0.2, 0.25) is 5.91 Å². The molecule has 4 N–H and O–H groups in total. The first-order valence-corrected chi connectivity index (χ1v) is 10.0. The summed E-state index contributed by atoms with van der Waals surface area (Å²) in [4.78, 5) is 24.6. The van der Waals surface area contributed by atoms with E-state index in [4.69, 9.17) is 5.73 Å². The number of nitrogens with two attached hydrogens (primary N) is 1. The zero-order valence-electron chi connectivity index (χ0n) is 15.9. The van der Waals surface area contributed by atoms with Crippen molar-refractivity contribution < 1.29 is 9.59 Å². The van der Waals surface area contributed by atoms with Crippen LogP contribution in [0.2, 0.25) is 0 Å². The monoisotopic (exact) mass is 393 g/mol. The number of amides is 2. The van der Waals surface area contributed by atoms with Gasteiger partial charge in [-0.15, -0.1) is 12.4 Å². The molecule has 0 aliphatic heterocycles. The van der Waals surface area contributed by atoms with Crippen molar-refractivity contribution in [1.82, 2.24) is 10.6 Å². The Morgan fingerprint density at radius 1 is 0.963 bits per heavy atom. The second-order valence-electron chi connectivity index (χ2n) is 7.76. The molecule has 3 rings (SSSR count). The number of carbonyl (C=O) groups is 2. The average Bonchev–Trinajstić information content (AvgIpc) is 3.22. The second-order valence-corrected chi connectivity index (χ2v) is 7.76. The van der Waals surface area contributed by atoms with Crippen molar-refractivity contribution >= 4 is 24.2 Å². The molecule has 6 heteroatoms. The number of hydrogen-bond acceptors (Lipinski definition) is 3. The molecule has 0 radical (unpaired) electrons. The van der Waals surface area contributed by atoms with Gasteiger partial charge in [0.25, 0.3) is 5.91 Å². The lowest BCUT2D eigenvalue weighted by Gasteiger charge is -2.31. The van der Waals surface area contributed by atoms with Gasteiger partial charge in [0, 0.05) is 24.1 Å². The Hall–Kier alpha value is -1.59. The molecule has 0 heterocycles. The Kier molecular flexibility index (Phi) is 8.58. The van der Waals surface area contributed by atoms with E-state index in [1.807, 2.05) is 24.3 Å². The summed E-state index contributed by atoms with van der Waals surface area (Å²) >= 11 is 0. The number of rotatable bonds is 6. The zero-order chi connectivity index (χ0) is 18.4. The summed E-state index contributed by atoms with van der Waals surface area (Å²) in [6, 6.07) is 7.71. The number of halogens is 1. The molecule has 150 valence electrons. The van der Waals surface area contributed by atoms with Gasteiger partial charge in [-0.1, -0.05) is 37.8 Å². The maximum Gasteiger partial charge on any atom is 0.251 e. The largest absolute Gasteiger partial charge is 0.352 e. The Morgan fingerprint density at radius 2 is 1.59 bits per heavy atom. The summed E-state index contributed by atoms with van der Waals surface area (Å²) in [5, 5.41) is 6.17. The van der Waals surface area contributed by atoms with E-state index in [0.29, 0.717) is 24.6 Å². The van der Waals surface area contributed by atoms with E-state index in [9.17, 15) is 9.59 Å². The minimum atomic E-state index is -0.0307. The van der Waals surface area contributed by atoms with E-state index in [1.54, 1.807) is 0 Å². The Bertz CT molecular complexity index is 614. The van der Waals surface area contributed by atoms with Crippen molar-refractivity contribution in [2.75, 3.05) is 6.54 Å². The first kappa shape index (κ1) is 21.7. The summed E-state index contributed by atoms with van der Waals surface area (Å²) in [5.41, 5.74) is 7.53. The first-order valence-electron chi connectivity index (χ1n) is 10.0. The molecule has 1 aromatic carbocycles. The summed E-state index contributed by atoms with van der Waals surface area (Å²) in [5.74, 6) is 0.704. The van der Waals surface area contributed by atoms with Crippen molar-refractivity contribution in [2.45, 2.75) is 64.0 Å². The van der Waals surface area contributed by atoms with E-state index in [-0.39, 0.29) is 36.2 Å². The first-order chi connectivity index (χ1) is 12.7. The van der Waals surface area contributed by atoms with E-state index >= 15 is 0 Å². The molecule has 2 saturated carbocycles. The molecular weight excluding hydrogens is 362 g/mol. The Balaban J connectivity index is 0.00000261. The van der Waals surface area contributed by atoms with Gasteiger partial charge in [-0.2, -0.15) is 0 Å². The minimum Gasteiger partial charge on any atom is -0.352 e. The van der Waals surface area contributed by atoms with Crippen LogP contribution >= 0.6 is 12.4 Å². The molecule has 2 unspecified atom stereocenters. The SMILES string of the molecule is Cl.NCC1CCCCC1NC(=O)c1ccc(CNC(=O)C2CCCC2)cc1. The van der Waals surface area contributed by atoms with Gasteiger partial charge in [0.15, 0.2) is 0 Å². The van der Waals surface area contributed by atoms with Crippen LogP contribution in [0.3, 0.4) is 0 Å². The fourth-order valence-electron chi connectivity index (χ4n) is 4.23. The fraction of sp³-hybridized carbons (Fsp3) is 0.619. The van der Waals surface area contributed by atoms with Crippen LogP contribution in [0.1, 0.15) is 67.3 Å². The van der Waals surface area contributed by atoms with Crippen molar-refractivity contribution in [3.8, 4) is 0 Å². The minimum absolute atomic E-state index is 0. The number of benzene rings is 1. The van der Waals surface area contributed by atoms with Crippen LogP contribution < -0.4 is 16.4 Å². The number of hydrogen-bond donors (Lipinski definition) is 3. The van der Waals surface area contributed by atoms with Crippen molar-refractivity contribution in [3.05, 3.63) is 35.4 Å². The van der Waals surface area contributed by atoms with Crippen LogP contribution in [0.4, 0.5) is 0 Å². The Morgan fingerprint density at radius 3 is 2.26 bits per heavy atom. The van der Waals surface area contributed by atoms with Gasteiger partial charge >= 0.3 is 0 Å². The number of carbonyl (C=O) groups excluding carboxylic acids is 2. The van der Waals surface area contributed by atoms with Crippen molar-refractivity contribution in [1.29, 1.82) is 0 Å². The topological polar surface area (TPSA) is 84.2 Å². The van der Waals surface area contributed by atoms with Gasteiger partial charge < -0.3 is 16.4 Å². The molecule has 2 aliphatic carbocycles. The summed E-state index contributed by atoms with van der Waals surface area (Å²) in [6.45, 7) is 1.15. The van der Waals surface area contributed by atoms with E-state index in [2.05, 4.69) is 10.6 Å². The molecule has 2 fully saturated rings. The molecule has 0 saturated heterocycles. The normalized spacial score (nSPS) is 22.7. The van der Waals surface area contributed by atoms with Crippen LogP contribution in [-0.2, 0) is 11.3 Å². The van der Waals surface area contributed by atoms with Crippen LogP contribution in [0.5, 0.6) is 0 Å². The third kappa shape index (κ3) is 5.94. The van der Waals surface area contributed by atoms with E-state index < -0.39 is 0 Å². The Labute approximate surface area is 168 Å². The maximum absolute atomic E-state index is 12.5. The number of nitrogens with one attached hydrogen (secondary N) is 2. The highest BCUT2D eigenvalue weighted by molar-refractivity contribution is 5.94. The summed E-state index contributed by atoms with van der Waals surface area (Å²) < 4.78 is 0. The van der Waals surface area contributed by atoms with Crippen LogP contribution in [0.15, 0.2) is 24.3 Å². The lowest BCUT2D eigenvalue weighted by Crippen LogP contribution is -2.44. The van der Waals surface area contributed by atoms with E-state index in [0.717, 1.165) is 50.5 Å². The van der Waals surface area contributed by atoms with Crippen LogP contribution in [0, 0.1) is 11.8 Å². The molecule has 0 aromatic heterocycles. The third-order valence-corrected chi connectivity index (χ3v) is 5.94. The highest BCUT2D eigenvalue weighted by Gasteiger charge is 2.25. The highest BCUT2D eigenvalue weighted by Crippen LogP contribution is 2.25. The second kappa shape index (κ2) is 10.7. The predicted molar refractivity (Wildman–Crippen MR) is 110 cm³/mol. The van der Waals surface area contributed by atoms with Gasteiger partial charge in [-0.3, -0.25) is 9.59 Å².